The van der Waals surface area contributed by atoms with Crippen molar-refractivity contribution in [1.82, 2.24) is 5.32 Å². The predicted octanol–water partition coefficient (Wildman–Crippen LogP) is 1.19. The summed E-state index contributed by atoms with van der Waals surface area (Å²) in [7, 11) is 0. The van der Waals surface area contributed by atoms with E-state index in [0.29, 0.717) is 6.61 Å². The zero-order chi connectivity index (χ0) is 12.4. The molecule has 0 aliphatic heterocycles. The Balaban J connectivity index is 2.42. The minimum atomic E-state index is -0.630. The molecule has 0 aromatic rings. The quantitative estimate of drug-likeness (QED) is 0.743. The smallest absolute Gasteiger partial charge is 0.240 e. The minimum absolute atomic E-state index is 0.0453. The van der Waals surface area contributed by atoms with Gasteiger partial charge in [0.25, 0.3) is 0 Å². The largest absolute Gasteiger partial charge is 0.376 e. The van der Waals surface area contributed by atoms with Crippen molar-refractivity contribution in [2.75, 3.05) is 6.61 Å². The number of hydrogen-bond donors (Lipinski definition) is 2. The van der Waals surface area contributed by atoms with Gasteiger partial charge in [-0.15, -0.1) is 0 Å². The van der Waals surface area contributed by atoms with Gasteiger partial charge in [-0.25, -0.2) is 0 Å². The topological polar surface area (TPSA) is 64.3 Å². The third-order valence-corrected chi connectivity index (χ3v) is 2.93. The Morgan fingerprint density at radius 2 is 2.06 bits per heavy atom. The van der Waals surface area contributed by atoms with Crippen LogP contribution in [0.3, 0.4) is 0 Å². The lowest BCUT2D eigenvalue weighted by Crippen LogP contribution is -2.63. The van der Waals surface area contributed by atoms with E-state index >= 15 is 0 Å². The molecule has 0 aromatic carbocycles. The van der Waals surface area contributed by atoms with Gasteiger partial charge in [0.15, 0.2) is 0 Å². The van der Waals surface area contributed by atoms with E-state index in [4.69, 9.17) is 10.5 Å². The van der Waals surface area contributed by atoms with Gasteiger partial charge in [0, 0.05) is 0 Å². The van der Waals surface area contributed by atoms with Crippen molar-refractivity contribution in [2.45, 2.75) is 64.1 Å². The standard InChI is InChI=1S/C12H24N2O2/c1-9(2)16-8-11(3,4)14-10(15)12(13)6-5-7-12/h9H,5-8,13H2,1-4H3,(H,14,15). The molecule has 4 nitrogen and oxygen atoms in total. The van der Waals surface area contributed by atoms with Gasteiger partial charge in [-0.2, -0.15) is 0 Å². The van der Waals surface area contributed by atoms with Crippen LogP contribution in [-0.4, -0.2) is 29.7 Å². The van der Waals surface area contributed by atoms with Crippen LogP contribution in [0.5, 0.6) is 0 Å². The van der Waals surface area contributed by atoms with Crippen LogP contribution in [0.1, 0.15) is 47.0 Å². The van der Waals surface area contributed by atoms with Crippen LogP contribution in [0.4, 0.5) is 0 Å². The Bertz CT molecular complexity index is 258. The second-order valence-electron chi connectivity index (χ2n) is 5.71. The average molecular weight is 228 g/mol. The fourth-order valence-electron chi connectivity index (χ4n) is 1.63. The highest BCUT2D eigenvalue weighted by atomic mass is 16.5. The van der Waals surface area contributed by atoms with Crippen LogP contribution < -0.4 is 11.1 Å². The molecule has 0 saturated heterocycles. The van der Waals surface area contributed by atoms with Gasteiger partial charge < -0.3 is 15.8 Å². The van der Waals surface area contributed by atoms with Crippen LogP contribution in [0, 0.1) is 0 Å². The molecule has 1 amide bonds. The van der Waals surface area contributed by atoms with Crippen LogP contribution >= 0.6 is 0 Å². The Morgan fingerprint density at radius 1 is 1.50 bits per heavy atom. The van der Waals surface area contributed by atoms with Crippen LogP contribution in [0.2, 0.25) is 0 Å². The summed E-state index contributed by atoms with van der Waals surface area (Å²) in [6, 6.07) is 0. The van der Waals surface area contributed by atoms with Crippen molar-refractivity contribution in [1.29, 1.82) is 0 Å². The first-order chi connectivity index (χ1) is 7.25. The highest BCUT2D eigenvalue weighted by Gasteiger charge is 2.41. The van der Waals surface area contributed by atoms with Crippen LogP contribution in [0.25, 0.3) is 0 Å². The van der Waals surface area contributed by atoms with E-state index in [9.17, 15) is 4.79 Å². The van der Waals surface area contributed by atoms with E-state index in [2.05, 4.69) is 5.32 Å². The van der Waals surface area contributed by atoms with Crippen molar-refractivity contribution in [3.05, 3.63) is 0 Å². The number of hydrogen-bond acceptors (Lipinski definition) is 3. The SMILES string of the molecule is CC(C)OCC(C)(C)NC(=O)C1(N)CCC1. The predicted molar refractivity (Wildman–Crippen MR) is 64.1 cm³/mol. The molecule has 0 unspecified atom stereocenters. The lowest BCUT2D eigenvalue weighted by atomic mass is 9.76. The number of nitrogens with one attached hydrogen (secondary N) is 1. The molecule has 3 N–H and O–H groups in total. The number of nitrogens with two attached hydrogens (primary N) is 1. The van der Waals surface area contributed by atoms with Gasteiger partial charge in [-0.1, -0.05) is 0 Å². The normalized spacial score (nSPS) is 19.4. The van der Waals surface area contributed by atoms with Crippen molar-refractivity contribution >= 4 is 5.91 Å². The summed E-state index contributed by atoms with van der Waals surface area (Å²) < 4.78 is 5.52. The molecule has 1 saturated carbocycles. The number of carbonyl (C=O) groups excluding carboxylic acids is 1. The molecule has 1 rings (SSSR count). The highest BCUT2D eigenvalue weighted by Crippen LogP contribution is 2.29. The van der Waals surface area contributed by atoms with Crippen LogP contribution in [-0.2, 0) is 9.53 Å². The summed E-state index contributed by atoms with van der Waals surface area (Å²) in [5, 5.41) is 2.97. The van der Waals surface area contributed by atoms with Gasteiger partial charge in [0.1, 0.15) is 0 Å². The number of ether oxygens (including phenoxy) is 1. The van der Waals surface area contributed by atoms with Crippen molar-refractivity contribution in [3.63, 3.8) is 0 Å². The fraction of sp³-hybridized carbons (Fsp3) is 0.917. The molecule has 4 heteroatoms. The second-order valence-corrected chi connectivity index (χ2v) is 5.71. The zero-order valence-corrected chi connectivity index (χ0v) is 10.8. The zero-order valence-electron chi connectivity index (χ0n) is 10.8. The lowest BCUT2D eigenvalue weighted by molar-refractivity contribution is -0.132. The first-order valence-electron chi connectivity index (χ1n) is 5.98. The van der Waals surface area contributed by atoms with E-state index < -0.39 is 5.54 Å². The average Bonchev–Trinajstić information content (AvgIpc) is 2.10. The molecule has 0 bridgehead atoms. The molecule has 0 spiro atoms. The number of rotatable bonds is 5. The minimum Gasteiger partial charge on any atom is -0.376 e. The maximum Gasteiger partial charge on any atom is 0.240 e. The molecule has 94 valence electrons. The van der Waals surface area contributed by atoms with Crippen LogP contribution in [0.15, 0.2) is 0 Å². The number of carbonyl (C=O) groups is 1. The Labute approximate surface area is 97.9 Å². The van der Waals surface area contributed by atoms with Gasteiger partial charge in [0.05, 0.1) is 23.8 Å². The summed E-state index contributed by atoms with van der Waals surface area (Å²) in [4.78, 5) is 11.9. The van der Waals surface area contributed by atoms with Crippen molar-refractivity contribution in [3.8, 4) is 0 Å². The molecule has 0 heterocycles. The maximum atomic E-state index is 11.9. The Hall–Kier alpha value is -0.610. The first kappa shape index (κ1) is 13.5. The summed E-state index contributed by atoms with van der Waals surface area (Å²) in [5.41, 5.74) is 4.97. The third kappa shape index (κ3) is 3.46. The molecular formula is C12H24N2O2. The van der Waals surface area contributed by atoms with E-state index in [1.54, 1.807) is 0 Å². The molecule has 0 atom stereocenters. The van der Waals surface area contributed by atoms with E-state index in [1.165, 1.54) is 0 Å². The maximum absolute atomic E-state index is 11.9. The Kier molecular flexibility index (Phi) is 3.97. The van der Waals surface area contributed by atoms with Crippen molar-refractivity contribution < 1.29 is 9.53 Å². The monoisotopic (exact) mass is 228 g/mol. The summed E-state index contributed by atoms with van der Waals surface area (Å²) in [6.07, 6.45) is 2.80. The molecule has 0 radical (unpaired) electrons. The molecular weight excluding hydrogens is 204 g/mol. The summed E-state index contributed by atoms with van der Waals surface area (Å²) in [5.74, 6) is -0.0453. The molecule has 16 heavy (non-hydrogen) atoms. The highest BCUT2D eigenvalue weighted by molar-refractivity contribution is 5.87. The van der Waals surface area contributed by atoms with E-state index in [0.717, 1.165) is 19.3 Å². The third-order valence-electron chi connectivity index (χ3n) is 2.93. The van der Waals surface area contributed by atoms with E-state index in [1.807, 2.05) is 27.7 Å². The van der Waals surface area contributed by atoms with Gasteiger partial charge in [-0.05, 0) is 47.0 Å². The van der Waals surface area contributed by atoms with Gasteiger partial charge in [0.2, 0.25) is 5.91 Å². The second kappa shape index (κ2) is 4.72. The lowest BCUT2D eigenvalue weighted by Gasteiger charge is -2.39. The first-order valence-corrected chi connectivity index (χ1v) is 5.98. The molecule has 1 aliphatic rings. The summed E-state index contributed by atoms with van der Waals surface area (Å²) >= 11 is 0. The Morgan fingerprint density at radius 3 is 2.44 bits per heavy atom. The number of amides is 1. The van der Waals surface area contributed by atoms with Crippen molar-refractivity contribution in [2.24, 2.45) is 5.73 Å². The fourth-order valence-corrected chi connectivity index (χ4v) is 1.63. The molecule has 1 aliphatic carbocycles. The molecule has 1 fully saturated rings. The van der Waals surface area contributed by atoms with Gasteiger partial charge in [-0.3, -0.25) is 4.79 Å². The molecule has 0 aromatic heterocycles. The van der Waals surface area contributed by atoms with E-state index in [-0.39, 0.29) is 17.6 Å². The summed E-state index contributed by atoms with van der Waals surface area (Å²) in [6.45, 7) is 8.37. The van der Waals surface area contributed by atoms with Gasteiger partial charge >= 0.3 is 0 Å².